The zero-order valence-corrected chi connectivity index (χ0v) is 10.6. The summed E-state index contributed by atoms with van der Waals surface area (Å²) in [6.07, 6.45) is 1.89. The number of amides is 1. The van der Waals surface area contributed by atoms with Gasteiger partial charge >= 0.3 is 0 Å². The molecule has 0 heterocycles. The first-order valence-corrected chi connectivity index (χ1v) is 6.01. The van der Waals surface area contributed by atoms with Crippen molar-refractivity contribution < 1.29 is 13.6 Å². The first-order valence-electron chi connectivity index (χ1n) is 6.01. The number of rotatable bonds is 6. The predicted octanol–water partition coefficient (Wildman–Crippen LogP) is 2.68. The summed E-state index contributed by atoms with van der Waals surface area (Å²) < 4.78 is 25.9. The molecule has 0 saturated carbocycles. The molecule has 0 saturated heterocycles. The van der Waals surface area contributed by atoms with Gasteiger partial charge in [-0.25, -0.2) is 8.78 Å². The van der Waals surface area contributed by atoms with E-state index in [2.05, 4.69) is 10.6 Å². The topological polar surface area (TPSA) is 41.1 Å². The van der Waals surface area contributed by atoms with Crippen LogP contribution in [-0.4, -0.2) is 18.5 Å². The maximum atomic E-state index is 13.2. The highest BCUT2D eigenvalue weighted by Gasteiger charge is 2.08. The fraction of sp³-hybridized carbons (Fsp3) is 0.462. The molecule has 1 aromatic rings. The monoisotopic (exact) mass is 256 g/mol. The lowest BCUT2D eigenvalue weighted by Crippen LogP contribution is -2.36. The fourth-order valence-corrected chi connectivity index (χ4v) is 1.64. The third-order valence-electron chi connectivity index (χ3n) is 2.50. The van der Waals surface area contributed by atoms with Gasteiger partial charge in [0.25, 0.3) is 0 Å². The minimum atomic E-state index is -0.704. The van der Waals surface area contributed by atoms with E-state index in [0.717, 1.165) is 25.0 Å². The highest BCUT2D eigenvalue weighted by Crippen LogP contribution is 2.14. The molecule has 0 aliphatic rings. The van der Waals surface area contributed by atoms with Gasteiger partial charge < -0.3 is 10.6 Å². The molecule has 0 spiro atoms. The third-order valence-corrected chi connectivity index (χ3v) is 2.50. The van der Waals surface area contributed by atoms with Crippen molar-refractivity contribution in [3.8, 4) is 0 Å². The van der Waals surface area contributed by atoms with Gasteiger partial charge in [-0.15, -0.1) is 0 Å². The number of carbonyl (C=O) groups is 1. The Morgan fingerprint density at radius 2 is 2.11 bits per heavy atom. The van der Waals surface area contributed by atoms with E-state index in [0.29, 0.717) is 0 Å². The molecular weight excluding hydrogens is 238 g/mol. The van der Waals surface area contributed by atoms with Crippen LogP contribution in [0.25, 0.3) is 0 Å². The quantitative estimate of drug-likeness (QED) is 0.821. The standard InChI is InChI=1S/C13H18F2N2O/c1-3-4-9(2)17-13(18)8-16-12-6-5-10(14)7-11(12)15/h5-7,9,16H,3-4,8H2,1-2H3,(H,17,18). The molecule has 0 aliphatic carbocycles. The molecule has 0 fully saturated rings. The van der Waals surface area contributed by atoms with Gasteiger partial charge in [-0.3, -0.25) is 4.79 Å². The van der Waals surface area contributed by atoms with Gasteiger partial charge in [0.15, 0.2) is 0 Å². The van der Waals surface area contributed by atoms with E-state index in [4.69, 9.17) is 0 Å². The van der Waals surface area contributed by atoms with Gasteiger partial charge in [0.2, 0.25) is 5.91 Å². The number of halogens is 2. The summed E-state index contributed by atoms with van der Waals surface area (Å²) in [4.78, 5) is 11.5. The number of carbonyl (C=O) groups excluding carboxylic acids is 1. The van der Waals surface area contributed by atoms with Crippen LogP contribution in [0.2, 0.25) is 0 Å². The summed E-state index contributed by atoms with van der Waals surface area (Å²) >= 11 is 0. The number of anilines is 1. The van der Waals surface area contributed by atoms with Crippen LogP contribution in [0.1, 0.15) is 26.7 Å². The highest BCUT2D eigenvalue weighted by molar-refractivity contribution is 5.80. The molecular formula is C13H18F2N2O. The molecule has 0 aliphatic heterocycles. The second kappa shape index (κ2) is 6.93. The molecule has 2 N–H and O–H groups in total. The second-order valence-electron chi connectivity index (χ2n) is 4.23. The average Bonchev–Trinajstić information content (AvgIpc) is 2.28. The van der Waals surface area contributed by atoms with E-state index in [1.165, 1.54) is 6.07 Å². The summed E-state index contributed by atoms with van der Waals surface area (Å²) in [5.41, 5.74) is 0.120. The smallest absolute Gasteiger partial charge is 0.239 e. The molecule has 1 atom stereocenters. The lowest BCUT2D eigenvalue weighted by atomic mass is 10.2. The van der Waals surface area contributed by atoms with E-state index < -0.39 is 11.6 Å². The zero-order valence-electron chi connectivity index (χ0n) is 10.6. The average molecular weight is 256 g/mol. The van der Waals surface area contributed by atoms with Gasteiger partial charge in [0.05, 0.1) is 12.2 Å². The Balaban J connectivity index is 2.42. The van der Waals surface area contributed by atoms with E-state index >= 15 is 0 Å². The van der Waals surface area contributed by atoms with Gasteiger partial charge in [0.1, 0.15) is 11.6 Å². The van der Waals surface area contributed by atoms with E-state index in [-0.39, 0.29) is 24.2 Å². The fourth-order valence-electron chi connectivity index (χ4n) is 1.64. The van der Waals surface area contributed by atoms with Gasteiger partial charge in [-0.05, 0) is 25.5 Å². The Labute approximate surface area is 106 Å². The summed E-state index contributed by atoms with van der Waals surface area (Å²) in [5.74, 6) is -1.55. The predicted molar refractivity (Wildman–Crippen MR) is 67.4 cm³/mol. The van der Waals surface area contributed by atoms with Crippen molar-refractivity contribution in [3.63, 3.8) is 0 Å². The zero-order chi connectivity index (χ0) is 13.5. The van der Waals surface area contributed by atoms with Crippen LogP contribution in [0.15, 0.2) is 18.2 Å². The van der Waals surface area contributed by atoms with Crippen LogP contribution in [0.5, 0.6) is 0 Å². The van der Waals surface area contributed by atoms with Crippen molar-refractivity contribution in [2.24, 2.45) is 0 Å². The molecule has 0 aromatic heterocycles. The Bertz CT molecular complexity index is 410. The van der Waals surface area contributed by atoms with E-state index in [1.807, 2.05) is 13.8 Å². The lowest BCUT2D eigenvalue weighted by molar-refractivity contribution is -0.120. The normalized spacial score (nSPS) is 12.0. The van der Waals surface area contributed by atoms with Crippen molar-refractivity contribution in [2.75, 3.05) is 11.9 Å². The summed E-state index contributed by atoms with van der Waals surface area (Å²) in [7, 11) is 0. The van der Waals surface area contributed by atoms with E-state index in [9.17, 15) is 13.6 Å². The lowest BCUT2D eigenvalue weighted by Gasteiger charge is -2.13. The molecule has 3 nitrogen and oxygen atoms in total. The Hall–Kier alpha value is -1.65. The Morgan fingerprint density at radius 1 is 1.39 bits per heavy atom. The highest BCUT2D eigenvalue weighted by atomic mass is 19.1. The Morgan fingerprint density at radius 3 is 2.72 bits per heavy atom. The largest absolute Gasteiger partial charge is 0.374 e. The number of hydrogen-bond donors (Lipinski definition) is 2. The summed E-state index contributed by atoms with van der Waals surface area (Å²) in [6.45, 7) is 3.92. The molecule has 1 unspecified atom stereocenters. The SMILES string of the molecule is CCCC(C)NC(=O)CNc1ccc(F)cc1F. The van der Waals surface area contributed by atoms with Crippen molar-refractivity contribution >= 4 is 11.6 Å². The van der Waals surface area contributed by atoms with Gasteiger partial charge in [-0.1, -0.05) is 13.3 Å². The maximum Gasteiger partial charge on any atom is 0.239 e. The number of benzene rings is 1. The molecule has 1 amide bonds. The van der Waals surface area contributed by atoms with Crippen LogP contribution < -0.4 is 10.6 Å². The first kappa shape index (κ1) is 14.4. The first-order chi connectivity index (χ1) is 8.52. The van der Waals surface area contributed by atoms with Crippen molar-refractivity contribution in [3.05, 3.63) is 29.8 Å². The summed E-state index contributed by atoms with van der Waals surface area (Å²) in [6, 6.07) is 3.29. The molecule has 100 valence electrons. The molecule has 18 heavy (non-hydrogen) atoms. The number of nitrogens with one attached hydrogen (secondary N) is 2. The third kappa shape index (κ3) is 4.69. The molecule has 0 bridgehead atoms. The maximum absolute atomic E-state index is 13.2. The van der Waals surface area contributed by atoms with Crippen LogP contribution in [0.4, 0.5) is 14.5 Å². The van der Waals surface area contributed by atoms with Crippen molar-refractivity contribution in [1.82, 2.24) is 5.32 Å². The van der Waals surface area contributed by atoms with Gasteiger partial charge in [-0.2, -0.15) is 0 Å². The van der Waals surface area contributed by atoms with E-state index in [1.54, 1.807) is 0 Å². The summed E-state index contributed by atoms with van der Waals surface area (Å²) in [5, 5.41) is 5.42. The van der Waals surface area contributed by atoms with Crippen LogP contribution in [0.3, 0.4) is 0 Å². The molecule has 1 rings (SSSR count). The van der Waals surface area contributed by atoms with Crippen molar-refractivity contribution in [1.29, 1.82) is 0 Å². The molecule has 5 heteroatoms. The van der Waals surface area contributed by atoms with Crippen LogP contribution >= 0.6 is 0 Å². The minimum absolute atomic E-state index is 0.0311. The number of hydrogen-bond acceptors (Lipinski definition) is 2. The Kier molecular flexibility index (Phi) is 5.55. The van der Waals surface area contributed by atoms with Gasteiger partial charge in [0, 0.05) is 12.1 Å². The molecule has 1 aromatic carbocycles. The minimum Gasteiger partial charge on any atom is -0.374 e. The second-order valence-corrected chi connectivity index (χ2v) is 4.23. The van der Waals surface area contributed by atoms with Crippen LogP contribution in [0, 0.1) is 11.6 Å². The molecule has 0 radical (unpaired) electrons. The van der Waals surface area contributed by atoms with Crippen LogP contribution in [-0.2, 0) is 4.79 Å². The van der Waals surface area contributed by atoms with Crippen molar-refractivity contribution in [2.45, 2.75) is 32.7 Å².